The number of aromatic nitrogens is 4. The molecular weight excluding hydrogens is 468 g/mol. The number of nitrogens with one attached hydrogen (secondary N) is 1. The predicted molar refractivity (Wildman–Crippen MR) is 133 cm³/mol. The highest BCUT2D eigenvalue weighted by Gasteiger charge is 2.32. The highest BCUT2D eigenvalue weighted by Crippen LogP contribution is 2.25. The van der Waals surface area contributed by atoms with Crippen LogP contribution in [0.25, 0.3) is 22.1 Å². The molecule has 0 spiro atoms. The Morgan fingerprint density at radius 1 is 1.00 bits per heavy atom. The van der Waals surface area contributed by atoms with Gasteiger partial charge in [-0.1, -0.05) is 19.1 Å². The van der Waals surface area contributed by atoms with Gasteiger partial charge in [0.2, 0.25) is 15.9 Å². The normalized spacial score (nSPS) is 15.3. The van der Waals surface area contributed by atoms with Gasteiger partial charge in [-0.15, -0.1) is 0 Å². The number of imidazole rings is 1. The fraction of sp³-hybridized carbons (Fsp3) is 0.375. The van der Waals surface area contributed by atoms with E-state index in [0.717, 1.165) is 17.5 Å². The van der Waals surface area contributed by atoms with Crippen LogP contribution in [0.4, 0.5) is 0 Å². The first-order valence-corrected chi connectivity index (χ1v) is 13.2. The number of fused-ring (bicyclic) bond motifs is 2. The highest BCUT2D eigenvalue weighted by molar-refractivity contribution is 7.89. The summed E-state index contributed by atoms with van der Waals surface area (Å²) in [6.07, 6.45) is 4.10. The Kier molecular flexibility index (Phi) is 6.20. The van der Waals surface area contributed by atoms with Gasteiger partial charge < -0.3 is 9.88 Å². The average molecular weight is 497 g/mol. The van der Waals surface area contributed by atoms with E-state index in [1.54, 1.807) is 32.4 Å². The first-order chi connectivity index (χ1) is 16.9. The number of aromatic amines is 1. The van der Waals surface area contributed by atoms with Crippen molar-refractivity contribution in [3.63, 3.8) is 0 Å². The minimum Gasteiger partial charge on any atom is -0.345 e. The van der Waals surface area contributed by atoms with Crippen molar-refractivity contribution in [3.8, 4) is 0 Å². The molecule has 1 aliphatic heterocycles. The van der Waals surface area contributed by atoms with E-state index >= 15 is 0 Å². The predicted octanol–water partition coefficient (Wildman–Crippen LogP) is 2.01. The van der Waals surface area contributed by atoms with Crippen LogP contribution in [0.15, 0.2) is 58.5 Å². The van der Waals surface area contributed by atoms with E-state index in [4.69, 9.17) is 0 Å². The summed E-state index contributed by atoms with van der Waals surface area (Å²) in [5, 5.41) is 0.554. The molecule has 4 heterocycles. The van der Waals surface area contributed by atoms with Crippen LogP contribution in [0.1, 0.15) is 19.8 Å². The van der Waals surface area contributed by atoms with Crippen molar-refractivity contribution in [3.05, 3.63) is 59.3 Å². The topological polar surface area (TPSA) is 113 Å². The number of piperazine rings is 1. The lowest BCUT2D eigenvalue weighted by Crippen LogP contribution is -2.50. The number of sulfonamides is 1. The Labute approximate surface area is 202 Å². The largest absolute Gasteiger partial charge is 0.345 e. The second-order valence-electron chi connectivity index (χ2n) is 8.66. The van der Waals surface area contributed by atoms with Crippen LogP contribution in [0.5, 0.6) is 0 Å². The fourth-order valence-electron chi connectivity index (χ4n) is 4.75. The zero-order chi connectivity index (χ0) is 24.6. The third-order valence-corrected chi connectivity index (χ3v) is 8.48. The molecule has 11 heteroatoms. The van der Waals surface area contributed by atoms with Gasteiger partial charge in [-0.3, -0.25) is 13.9 Å². The summed E-state index contributed by atoms with van der Waals surface area (Å²) in [7, 11) is -3.71. The molecule has 1 aliphatic rings. The Morgan fingerprint density at radius 3 is 2.37 bits per heavy atom. The summed E-state index contributed by atoms with van der Waals surface area (Å²) < 4.78 is 31.2. The number of rotatable bonds is 7. The molecule has 1 N–H and O–H groups in total. The molecule has 4 aromatic rings. The van der Waals surface area contributed by atoms with Crippen molar-refractivity contribution < 1.29 is 13.2 Å². The summed E-state index contributed by atoms with van der Waals surface area (Å²) in [5.41, 5.74) is 2.11. The van der Waals surface area contributed by atoms with Gasteiger partial charge in [0, 0.05) is 63.5 Å². The molecule has 0 radical (unpaired) electrons. The Morgan fingerprint density at radius 2 is 1.69 bits per heavy atom. The van der Waals surface area contributed by atoms with Crippen LogP contribution in [0.3, 0.4) is 0 Å². The van der Waals surface area contributed by atoms with Gasteiger partial charge in [0.1, 0.15) is 10.5 Å². The standard InChI is InChI=1S/C24H28N6O4S/c1-2-11-29-19-7-3-4-8-20(19)30(24(29)32)12-9-22(31)27-13-15-28(16-14-27)35(33,34)21-17-26-23-18(21)6-5-10-25-23/h3-8,10,17H,2,9,11-16H2,1H3,(H,25,26). The zero-order valence-electron chi connectivity index (χ0n) is 19.6. The van der Waals surface area contributed by atoms with Crippen molar-refractivity contribution in [2.75, 3.05) is 26.2 Å². The Bertz CT molecular complexity index is 1540. The van der Waals surface area contributed by atoms with Crippen molar-refractivity contribution >= 4 is 38.0 Å². The number of nitrogens with zero attached hydrogens (tertiary/aromatic N) is 5. The van der Waals surface area contributed by atoms with E-state index in [1.165, 1.54) is 10.5 Å². The van der Waals surface area contributed by atoms with Gasteiger partial charge in [0.25, 0.3) is 0 Å². The third-order valence-electron chi connectivity index (χ3n) is 6.54. The molecule has 0 unspecified atom stereocenters. The lowest BCUT2D eigenvalue weighted by atomic mass is 10.3. The molecule has 0 atom stereocenters. The van der Waals surface area contributed by atoms with Gasteiger partial charge in [-0.25, -0.2) is 18.2 Å². The van der Waals surface area contributed by atoms with Crippen LogP contribution >= 0.6 is 0 Å². The average Bonchev–Trinajstić information content (AvgIpc) is 3.43. The van der Waals surface area contributed by atoms with E-state index in [1.807, 2.05) is 31.2 Å². The van der Waals surface area contributed by atoms with E-state index < -0.39 is 10.0 Å². The maximum Gasteiger partial charge on any atom is 0.329 e. The number of pyridine rings is 1. The summed E-state index contributed by atoms with van der Waals surface area (Å²) in [4.78, 5) is 34.8. The van der Waals surface area contributed by atoms with Gasteiger partial charge in [0.15, 0.2) is 0 Å². The van der Waals surface area contributed by atoms with Crippen molar-refractivity contribution in [2.45, 2.75) is 37.8 Å². The Balaban J connectivity index is 1.25. The zero-order valence-corrected chi connectivity index (χ0v) is 20.4. The van der Waals surface area contributed by atoms with Crippen LogP contribution in [0, 0.1) is 0 Å². The van der Waals surface area contributed by atoms with E-state index in [-0.39, 0.29) is 42.5 Å². The molecule has 1 aromatic carbocycles. The smallest absolute Gasteiger partial charge is 0.329 e. The second kappa shape index (κ2) is 9.31. The van der Waals surface area contributed by atoms with Gasteiger partial charge in [-0.05, 0) is 30.7 Å². The number of aryl methyl sites for hydroxylation is 2. The molecule has 0 aliphatic carbocycles. The molecule has 1 saturated heterocycles. The number of hydrogen-bond acceptors (Lipinski definition) is 5. The molecule has 1 fully saturated rings. The molecule has 10 nitrogen and oxygen atoms in total. The molecule has 0 saturated carbocycles. The minimum atomic E-state index is -3.71. The van der Waals surface area contributed by atoms with Gasteiger partial charge in [0.05, 0.1) is 11.0 Å². The lowest BCUT2D eigenvalue weighted by Gasteiger charge is -2.34. The summed E-state index contributed by atoms with van der Waals surface area (Å²) in [5.74, 6) is -0.0856. The van der Waals surface area contributed by atoms with Gasteiger partial charge in [-0.2, -0.15) is 4.31 Å². The SMILES string of the molecule is CCCn1c(=O)n(CCC(=O)N2CCN(S(=O)(=O)c3c[nH]c4ncccc34)CC2)c2ccccc21. The number of para-hydroxylation sites is 2. The molecule has 3 aromatic heterocycles. The summed E-state index contributed by atoms with van der Waals surface area (Å²) >= 11 is 0. The maximum atomic E-state index is 13.2. The second-order valence-corrected chi connectivity index (χ2v) is 10.6. The van der Waals surface area contributed by atoms with Crippen molar-refractivity contribution in [1.29, 1.82) is 0 Å². The number of hydrogen-bond donors (Lipinski definition) is 1. The molecule has 35 heavy (non-hydrogen) atoms. The first kappa shape index (κ1) is 23.3. The summed E-state index contributed by atoms with van der Waals surface area (Å²) in [6.45, 7) is 4.00. The maximum absolute atomic E-state index is 13.2. The number of carbonyl (C=O) groups is 1. The highest BCUT2D eigenvalue weighted by atomic mass is 32.2. The quantitative estimate of drug-likeness (QED) is 0.421. The molecule has 1 amide bonds. The minimum absolute atomic E-state index is 0.0856. The molecule has 184 valence electrons. The lowest BCUT2D eigenvalue weighted by molar-refractivity contribution is -0.132. The van der Waals surface area contributed by atoms with Crippen LogP contribution < -0.4 is 5.69 Å². The number of benzene rings is 1. The monoisotopic (exact) mass is 496 g/mol. The Hall–Kier alpha value is -3.44. The third kappa shape index (κ3) is 4.14. The molecule has 0 bridgehead atoms. The van der Waals surface area contributed by atoms with Crippen molar-refractivity contribution in [1.82, 2.24) is 28.3 Å². The van der Waals surface area contributed by atoms with Crippen LogP contribution in [0.2, 0.25) is 0 Å². The van der Waals surface area contributed by atoms with Gasteiger partial charge >= 0.3 is 5.69 Å². The van der Waals surface area contributed by atoms with E-state index in [2.05, 4.69) is 9.97 Å². The number of carbonyl (C=O) groups excluding carboxylic acids is 1. The molecule has 5 rings (SSSR count). The van der Waals surface area contributed by atoms with Crippen LogP contribution in [-0.2, 0) is 27.9 Å². The van der Waals surface area contributed by atoms with Crippen LogP contribution in [-0.4, -0.2) is 68.8 Å². The van der Waals surface area contributed by atoms with Crippen molar-refractivity contribution in [2.24, 2.45) is 0 Å². The van der Waals surface area contributed by atoms with E-state index in [0.29, 0.717) is 30.7 Å². The first-order valence-electron chi connectivity index (χ1n) is 11.8. The van der Waals surface area contributed by atoms with E-state index in [9.17, 15) is 18.0 Å². The number of H-pyrrole nitrogens is 1. The number of amides is 1. The molecular formula is C24H28N6O4S. The summed E-state index contributed by atoms with van der Waals surface area (Å²) in [6, 6.07) is 11.1. The fourth-order valence-corrected chi connectivity index (χ4v) is 6.33.